The summed E-state index contributed by atoms with van der Waals surface area (Å²) in [6.07, 6.45) is 3.76. The first-order valence-corrected chi connectivity index (χ1v) is 12.3. The van der Waals surface area contributed by atoms with Crippen LogP contribution in [0.3, 0.4) is 0 Å². The Morgan fingerprint density at radius 3 is 3.00 bits per heavy atom. The zero-order chi connectivity index (χ0) is 22.8. The maximum absolute atomic E-state index is 13.5. The smallest absolute Gasteiger partial charge is 0.274 e. The Morgan fingerprint density at radius 2 is 2.21 bits per heavy atom. The van der Waals surface area contributed by atoms with Gasteiger partial charge in [0.2, 0.25) is 0 Å². The van der Waals surface area contributed by atoms with Crippen LogP contribution < -0.4 is 4.74 Å². The zero-order valence-corrected chi connectivity index (χ0v) is 19.6. The van der Waals surface area contributed by atoms with E-state index in [2.05, 4.69) is 16.0 Å². The van der Waals surface area contributed by atoms with Crippen LogP contribution in [0.5, 0.6) is 5.75 Å². The minimum atomic E-state index is -0.459. The van der Waals surface area contributed by atoms with Gasteiger partial charge in [0.05, 0.1) is 26.3 Å². The van der Waals surface area contributed by atoms with Gasteiger partial charge in [0.15, 0.2) is 5.69 Å². The van der Waals surface area contributed by atoms with E-state index in [0.717, 1.165) is 59.9 Å². The van der Waals surface area contributed by atoms with Crippen LogP contribution >= 0.6 is 11.3 Å². The number of methoxy groups -OCH3 is 1. The highest BCUT2D eigenvalue weighted by Gasteiger charge is 2.32. The van der Waals surface area contributed by atoms with Crippen LogP contribution in [-0.4, -0.2) is 68.4 Å². The molecule has 1 fully saturated rings. The van der Waals surface area contributed by atoms with E-state index in [1.54, 1.807) is 23.3 Å². The van der Waals surface area contributed by atoms with Gasteiger partial charge in [0, 0.05) is 55.4 Å². The number of rotatable bonds is 6. The third-order valence-electron chi connectivity index (χ3n) is 6.41. The molecular formula is C24H29N5O3S. The molecule has 1 amide bonds. The van der Waals surface area contributed by atoms with Gasteiger partial charge in [-0.15, -0.1) is 11.3 Å². The van der Waals surface area contributed by atoms with Crippen LogP contribution in [-0.2, 0) is 26.1 Å². The first kappa shape index (κ1) is 22.1. The third-order valence-corrected chi connectivity index (χ3v) is 7.17. The van der Waals surface area contributed by atoms with Crippen LogP contribution in [0.25, 0.3) is 0 Å². The minimum Gasteiger partial charge on any atom is -0.497 e. The van der Waals surface area contributed by atoms with Gasteiger partial charge < -0.3 is 14.7 Å². The lowest BCUT2D eigenvalue weighted by atomic mass is 10.0. The minimum absolute atomic E-state index is 0.0782. The maximum Gasteiger partial charge on any atom is 0.274 e. The molecule has 0 radical (unpaired) electrons. The summed E-state index contributed by atoms with van der Waals surface area (Å²) in [7, 11) is 1.66. The van der Waals surface area contributed by atoms with E-state index in [1.165, 1.54) is 0 Å². The van der Waals surface area contributed by atoms with Crippen molar-refractivity contribution in [1.82, 2.24) is 24.6 Å². The molecule has 2 aliphatic heterocycles. The molecule has 0 unspecified atom stereocenters. The summed E-state index contributed by atoms with van der Waals surface area (Å²) in [6, 6.07) is 7.96. The van der Waals surface area contributed by atoms with Gasteiger partial charge in [-0.25, -0.2) is 4.98 Å². The molecule has 33 heavy (non-hydrogen) atoms. The van der Waals surface area contributed by atoms with Crippen molar-refractivity contribution in [3.63, 3.8) is 0 Å². The van der Waals surface area contributed by atoms with Gasteiger partial charge in [-0.1, -0.05) is 12.1 Å². The number of hydrogen-bond acceptors (Lipinski definition) is 7. The van der Waals surface area contributed by atoms with Crippen molar-refractivity contribution in [2.24, 2.45) is 0 Å². The quantitative estimate of drug-likeness (QED) is 0.600. The molecule has 0 spiro atoms. The highest BCUT2D eigenvalue weighted by molar-refractivity contribution is 7.09. The highest BCUT2D eigenvalue weighted by Crippen LogP contribution is 2.27. The Labute approximate surface area is 197 Å². The summed E-state index contributed by atoms with van der Waals surface area (Å²) < 4.78 is 7.36. The fourth-order valence-electron chi connectivity index (χ4n) is 4.74. The van der Waals surface area contributed by atoms with Crippen LogP contribution in [0.1, 0.15) is 45.2 Å². The van der Waals surface area contributed by atoms with E-state index in [1.807, 2.05) is 34.5 Å². The van der Waals surface area contributed by atoms with Gasteiger partial charge in [-0.3, -0.25) is 14.4 Å². The van der Waals surface area contributed by atoms with Crippen molar-refractivity contribution in [3.8, 4) is 5.75 Å². The number of nitrogens with zero attached hydrogens (tertiary/aromatic N) is 5. The number of piperidine rings is 1. The van der Waals surface area contributed by atoms with Crippen molar-refractivity contribution in [2.45, 2.75) is 45.0 Å². The fraction of sp³-hybridized carbons (Fsp3) is 0.458. The molecule has 4 heterocycles. The summed E-state index contributed by atoms with van der Waals surface area (Å²) in [5.41, 5.74) is 3.72. The number of carbonyl (C=O) groups excluding carboxylic acids is 1. The van der Waals surface area contributed by atoms with Crippen LogP contribution in [0, 0.1) is 0 Å². The number of fused-ring (bicyclic) bond motifs is 1. The predicted molar refractivity (Wildman–Crippen MR) is 125 cm³/mol. The van der Waals surface area contributed by atoms with Gasteiger partial charge in [0.25, 0.3) is 5.91 Å². The molecule has 9 heteroatoms. The number of ether oxygens (including phenoxy) is 1. The lowest BCUT2D eigenvalue weighted by molar-refractivity contribution is 0.0466. The molecule has 2 aromatic heterocycles. The monoisotopic (exact) mass is 467 g/mol. The van der Waals surface area contributed by atoms with Crippen molar-refractivity contribution >= 4 is 17.2 Å². The fourth-order valence-corrected chi connectivity index (χ4v) is 5.40. The second kappa shape index (κ2) is 9.62. The van der Waals surface area contributed by atoms with Gasteiger partial charge in [-0.05, 0) is 30.5 Å². The number of hydrogen-bond donors (Lipinski definition) is 1. The summed E-state index contributed by atoms with van der Waals surface area (Å²) in [5.74, 6) is 0.729. The average molecular weight is 468 g/mol. The molecule has 5 rings (SSSR count). The molecule has 1 atom stereocenters. The third kappa shape index (κ3) is 4.80. The highest BCUT2D eigenvalue weighted by atomic mass is 32.1. The van der Waals surface area contributed by atoms with E-state index < -0.39 is 6.10 Å². The van der Waals surface area contributed by atoms with Crippen LogP contribution in [0.15, 0.2) is 35.8 Å². The van der Waals surface area contributed by atoms with Crippen molar-refractivity contribution in [2.75, 3.05) is 26.7 Å². The van der Waals surface area contributed by atoms with Gasteiger partial charge in [0.1, 0.15) is 10.8 Å². The first-order chi connectivity index (χ1) is 16.1. The molecule has 0 saturated carbocycles. The molecule has 1 N–H and O–H groups in total. The van der Waals surface area contributed by atoms with Crippen molar-refractivity contribution in [3.05, 3.63) is 63.4 Å². The Morgan fingerprint density at radius 1 is 1.30 bits per heavy atom. The summed E-state index contributed by atoms with van der Waals surface area (Å²) in [5, 5.41) is 18.0. The molecule has 8 nitrogen and oxygen atoms in total. The van der Waals surface area contributed by atoms with E-state index in [4.69, 9.17) is 9.84 Å². The van der Waals surface area contributed by atoms with E-state index >= 15 is 0 Å². The average Bonchev–Trinajstić information content (AvgIpc) is 3.47. The Hall–Kier alpha value is -2.75. The Balaban J connectivity index is 1.45. The number of aliphatic hydroxyl groups is 1. The topological polar surface area (TPSA) is 83.7 Å². The SMILES string of the molecule is COc1cccc(Cn2nc(C(=O)N3CCC[C@H](O)C3)c3c2CCN(Cc2nccs2)C3)c1. The molecular weight excluding hydrogens is 438 g/mol. The second-order valence-corrected chi connectivity index (χ2v) is 9.70. The Bertz CT molecular complexity index is 1110. The molecule has 1 saturated heterocycles. The summed E-state index contributed by atoms with van der Waals surface area (Å²) >= 11 is 1.65. The summed E-state index contributed by atoms with van der Waals surface area (Å²) in [4.78, 5) is 22.0. The van der Waals surface area contributed by atoms with Crippen molar-refractivity contribution in [1.29, 1.82) is 0 Å². The Kier molecular flexibility index (Phi) is 6.43. The lowest BCUT2D eigenvalue weighted by Crippen LogP contribution is -2.43. The number of aromatic nitrogens is 3. The molecule has 174 valence electrons. The molecule has 3 aromatic rings. The predicted octanol–water partition coefficient (Wildman–Crippen LogP) is 2.55. The van der Waals surface area contributed by atoms with Crippen LogP contribution in [0.2, 0.25) is 0 Å². The van der Waals surface area contributed by atoms with Gasteiger partial charge in [-0.2, -0.15) is 5.10 Å². The van der Waals surface area contributed by atoms with E-state index in [0.29, 0.717) is 31.9 Å². The number of carbonyl (C=O) groups is 1. The van der Waals surface area contributed by atoms with Crippen molar-refractivity contribution < 1.29 is 14.6 Å². The molecule has 0 aliphatic carbocycles. The normalized spacial score (nSPS) is 18.8. The largest absolute Gasteiger partial charge is 0.497 e. The first-order valence-electron chi connectivity index (χ1n) is 11.4. The van der Waals surface area contributed by atoms with E-state index in [9.17, 15) is 9.90 Å². The number of amides is 1. The maximum atomic E-state index is 13.5. The molecule has 0 bridgehead atoms. The van der Waals surface area contributed by atoms with Crippen LogP contribution in [0.4, 0.5) is 0 Å². The van der Waals surface area contributed by atoms with E-state index in [-0.39, 0.29) is 5.91 Å². The summed E-state index contributed by atoms with van der Waals surface area (Å²) in [6.45, 7) is 3.96. The standard InChI is InChI=1S/C24H29N5O3S/c1-32-19-6-2-4-17(12-19)13-29-21-7-10-27(16-22-25-8-11-33-22)15-20(21)23(26-29)24(31)28-9-3-5-18(30)14-28/h2,4,6,8,11-12,18,30H,3,5,7,9-10,13-16H2,1H3/t18-/m0/s1. The molecule has 1 aromatic carbocycles. The molecule has 2 aliphatic rings. The number of aliphatic hydroxyl groups excluding tert-OH is 1. The number of likely N-dealkylation sites (tertiary alicyclic amines) is 1. The number of benzene rings is 1. The van der Waals surface area contributed by atoms with Gasteiger partial charge >= 0.3 is 0 Å². The number of β-amino-alcohol motifs (C(OH)–C–C–N with tert-alkyl or cyclic N) is 1. The lowest BCUT2D eigenvalue weighted by Gasteiger charge is -2.30. The number of thiazole rings is 1. The zero-order valence-electron chi connectivity index (χ0n) is 18.8. The second-order valence-electron chi connectivity index (χ2n) is 8.72.